The Labute approximate surface area is 130 Å². The zero-order chi connectivity index (χ0) is 15.4. The van der Waals surface area contributed by atoms with E-state index in [1.807, 2.05) is 0 Å². The topological polar surface area (TPSA) is 89.9 Å². The molecule has 1 heterocycles. The molecule has 0 spiro atoms. The van der Waals surface area contributed by atoms with Crippen molar-refractivity contribution < 1.29 is 19.8 Å². The van der Waals surface area contributed by atoms with Gasteiger partial charge < -0.3 is 20.4 Å². The number of piperidine rings is 1. The van der Waals surface area contributed by atoms with E-state index in [0.717, 1.165) is 19.3 Å². The number of anilines is 1. The molecule has 1 aromatic carbocycles. The zero-order valence-electron chi connectivity index (χ0n) is 11.4. The first-order chi connectivity index (χ1) is 10.0. The first kappa shape index (κ1) is 15.8. The van der Waals surface area contributed by atoms with Gasteiger partial charge in [-0.2, -0.15) is 0 Å². The van der Waals surface area contributed by atoms with Crippen molar-refractivity contribution >= 4 is 33.6 Å². The number of benzene rings is 1. The molecule has 21 heavy (non-hydrogen) atoms. The number of hydrogen-bond donors (Lipinski definition) is 3. The molecule has 6 nitrogen and oxygen atoms in total. The van der Waals surface area contributed by atoms with Crippen LogP contribution in [0.4, 0.5) is 10.5 Å². The van der Waals surface area contributed by atoms with E-state index in [1.54, 1.807) is 17.0 Å². The van der Waals surface area contributed by atoms with Crippen molar-refractivity contribution in [2.45, 2.75) is 25.3 Å². The van der Waals surface area contributed by atoms with Crippen LogP contribution in [0.25, 0.3) is 0 Å². The zero-order valence-corrected chi connectivity index (χ0v) is 13.0. The van der Waals surface area contributed by atoms with E-state index >= 15 is 0 Å². The molecule has 2 amide bonds. The van der Waals surface area contributed by atoms with Gasteiger partial charge in [-0.05, 0) is 47.3 Å². The molecule has 3 N–H and O–H groups in total. The standard InChI is InChI=1S/C14H17BrN2O4/c15-11-6-3-5-10(13(19)20)12(11)16-14(21)17-7-2-1-4-9(17)8-18/h3,5-6,9,18H,1-2,4,7-8H2,(H,16,21)(H,19,20). The van der Waals surface area contributed by atoms with Crippen molar-refractivity contribution in [2.24, 2.45) is 0 Å². The summed E-state index contributed by atoms with van der Waals surface area (Å²) in [6, 6.07) is 4.10. The Morgan fingerprint density at radius 3 is 2.81 bits per heavy atom. The predicted molar refractivity (Wildman–Crippen MR) is 81.6 cm³/mol. The molecule has 2 rings (SSSR count). The summed E-state index contributed by atoms with van der Waals surface area (Å²) in [4.78, 5) is 25.1. The molecular weight excluding hydrogens is 340 g/mol. The number of hydrogen-bond acceptors (Lipinski definition) is 3. The number of aromatic carboxylic acids is 1. The largest absolute Gasteiger partial charge is 0.478 e. The van der Waals surface area contributed by atoms with E-state index in [0.29, 0.717) is 11.0 Å². The molecule has 1 saturated heterocycles. The lowest BCUT2D eigenvalue weighted by Crippen LogP contribution is -2.47. The minimum absolute atomic E-state index is 0.0234. The van der Waals surface area contributed by atoms with Gasteiger partial charge in [0.2, 0.25) is 0 Å². The molecule has 1 unspecified atom stereocenters. The molecule has 114 valence electrons. The number of carbonyl (C=O) groups excluding carboxylic acids is 1. The third kappa shape index (κ3) is 3.54. The second-order valence-electron chi connectivity index (χ2n) is 4.92. The molecule has 7 heteroatoms. The number of halogens is 1. The summed E-state index contributed by atoms with van der Waals surface area (Å²) < 4.78 is 0.508. The summed E-state index contributed by atoms with van der Waals surface area (Å²) in [6.07, 6.45) is 2.61. The van der Waals surface area contributed by atoms with Crippen molar-refractivity contribution in [3.63, 3.8) is 0 Å². The Balaban J connectivity index is 2.21. The van der Waals surface area contributed by atoms with E-state index in [2.05, 4.69) is 21.2 Å². The number of aliphatic hydroxyl groups excluding tert-OH is 1. The van der Waals surface area contributed by atoms with Crippen LogP contribution in [-0.2, 0) is 0 Å². The fourth-order valence-electron chi connectivity index (χ4n) is 2.47. The van der Waals surface area contributed by atoms with Crippen LogP contribution in [0.5, 0.6) is 0 Å². The van der Waals surface area contributed by atoms with Crippen LogP contribution in [0.1, 0.15) is 29.6 Å². The van der Waals surface area contributed by atoms with Crippen LogP contribution in [0.2, 0.25) is 0 Å². The fourth-order valence-corrected chi connectivity index (χ4v) is 2.93. The molecule has 0 aliphatic carbocycles. The molecule has 0 radical (unpaired) electrons. The smallest absolute Gasteiger partial charge is 0.337 e. The van der Waals surface area contributed by atoms with Gasteiger partial charge in [-0.3, -0.25) is 0 Å². The number of nitrogens with zero attached hydrogens (tertiary/aromatic N) is 1. The van der Waals surface area contributed by atoms with Crippen LogP contribution in [0, 0.1) is 0 Å². The predicted octanol–water partition coefficient (Wildman–Crippen LogP) is 2.53. The van der Waals surface area contributed by atoms with E-state index in [-0.39, 0.29) is 29.9 Å². The average molecular weight is 357 g/mol. The molecule has 1 atom stereocenters. The molecule has 1 fully saturated rings. The van der Waals surface area contributed by atoms with E-state index in [9.17, 15) is 19.8 Å². The normalized spacial score (nSPS) is 18.4. The van der Waals surface area contributed by atoms with Crippen molar-refractivity contribution in [1.82, 2.24) is 4.90 Å². The summed E-state index contributed by atoms with van der Waals surface area (Å²) in [5.41, 5.74) is 0.257. The number of carboxylic acid groups (broad SMARTS) is 1. The number of carboxylic acids is 1. The molecule has 1 aliphatic heterocycles. The van der Waals surface area contributed by atoms with Crippen LogP contribution < -0.4 is 5.32 Å². The summed E-state index contributed by atoms with van der Waals surface area (Å²) in [5, 5.41) is 21.2. The first-order valence-corrected chi connectivity index (χ1v) is 7.54. The minimum Gasteiger partial charge on any atom is -0.478 e. The number of likely N-dealkylation sites (tertiary alicyclic amines) is 1. The summed E-state index contributed by atoms with van der Waals surface area (Å²) >= 11 is 3.25. The van der Waals surface area contributed by atoms with Crippen LogP contribution in [-0.4, -0.2) is 46.3 Å². The van der Waals surface area contributed by atoms with Gasteiger partial charge in [0.05, 0.1) is 23.9 Å². The number of nitrogens with one attached hydrogen (secondary N) is 1. The molecular formula is C14H17BrN2O4. The Kier molecular flexibility index (Phi) is 5.19. The lowest BCUT2D eigenvalue weighted by atomic mass is 10.0. The molecule has 0 saturated carbocycles. The third-order valence-electron chi connectivity index (χ3n) is 3.57. The Morgan fingerprint density at radius 2 is 2.14 bits per heavy atom. The van der Waals surface area contributed by atoms with Gasteiger partial charge in [0.25, 0.3) is 0 Å². The molecule has 0 aromatic heterocycles. The second-order valence-corrected chi connectivity index (χ2v) is 5.78. The van der Waals surface area contributed by atoms with Gasteiger partial charge >= 0.3 is 12.0 Å². The lowest BCUT2D eigenvalue weighted by Gasteiger charge is -2.34. The van der Waals surface area contributed by atoms with Gasteiger partial charge in [0.1, 0.15) is 0 Å². The van der Waals surface area contributed by atoms with Crippen LogP contribution >= 0.6 is 15.9 Å². The van der Waals surface area contributed by atoms with E-state index in [4.69, 9.17) is 0 Å². The SMILES string of the molecule is O=C(O)c1cccc(Br)c1NC(=O)N1CCCCC1CO. The second kappa shape index (κ2) is 6.91. The highest BCUT2D eigenvalue weighted by atomic mass is 79.9. The van der Waals surface area contributed by atoms with Crippen molar-refractivity contribution in [1.29, 1.82) is 0 Å². The van der Waals surface area contributed by atoms with Gasteiger partial charge in [-0.15, -0.1) is 0 Å². The lowest BCUT2D eigenvalue weighted by molar-refractivity contribution is 0.0698. The fraction of sp³-hybridized carbons (Fsp3) is 0.429. The summed E-state index contributed by atoms with van der Waals surface area (Å²) in [6.45, 7) is 0.471. The van der Waals surface area contributed by atoms with Gasteiger partial charge in [0, 0.05) is 11.0 Å². The number of urea groups is 1. The number of carbonyl (C=O) groups is 2. The number of rotatable bonds is 3. The maximum atomic E-state index is 12.4. The van der Waals surface area contributed by atoms with Gasteiger partial charge in [-0.25, -0.2) is 9.59 Å². The van der Waals surface area contributed by atoms with E-state index < -0.39 is 5.97 Å². The highest BCUT2D eigenvalue weighted by Gasteiger charge is 2.27. The summed E-state index contributed by atoms with van der Waals surface area (Å²) in [5.74, 6) is -1.11. The van der Waals surface area contributed by atoms with Gasteiger partial charge in [-0.1, -0.05) is 6.07 Å². The van der Waals surface area contributed by atoms with E-state index in [1.165, 1.54) is 6.07 Å². The van der Waals surface area contributed by atoms with Crippen LogP contribution in [0.15, 0.2) is 22.7 Å². The Morgan fingerprint density at radius 1 is 1.38 bits per heavy atom. The Hall–Kier alpha value is -1.60. The highest BCUT2D eigenvalue weighted by Crippen LogP contribution is 2.27. The van der Waals surface area contributed by atoms with Crippen molar-refractivity contribution in [3.8, 4) is 0 Å². The Bertz CT molecular complexity index is 550. The maximum absolute atomic E-state index is 12.4. The minimum atomic E-state index is -1.11. The van der Waals surface area contributed by atoms with Crippen molar-refractivity contribution in [2.75, 3.05) is 18.5 Å². The molecule has 1 aliphatic rings. The average Bonchev–Trinajstić information content (AvgIpc) is 2.48. The highest BCUT2D eigenvalue weighted by molar-refractivity contribution is 9.10. The van der Waals surface area contributed by atoms with Crippen LogP contribution in [0.3, 0.4) is 0 Å². The molecule has 0 bridgehead atoms. The number of amides is 2. The molecule has 1 aromatic rings. The first-order valence-electron chi connectivity index (χ1n) is 6.75. The monoisotopic (exact) mass is 356 g/mol. The van der Waals surface area contributed by atoms with Crippen molar-refractivity contribution in [3.05, 3.63) is 28.2 Å². The summed E-state index contributed by atoms with van der Waals surface area (Å²) in [7, 11) is 0. The van der Waals surface area contributed by atoms with Gasteiger partial charge in [0.15, 0.2) is 0 Å². The number of para-hydroxylation sites is 1. The number of aliphatic hydroxyl groups is 1. The quantitative estimate of drug-likeness (QED) is 0.776. The maximum Gasteiger partial charge on any atom is 0.337 e. The third-order valence-corrected chi connectivity index (χ3v) is 4.24.